The molecule has 0 spiro atoms. The van der Waals surface area contributed by atoms with Crippen LogP contribution in [0.3, 0.4) is 0 Å². The molecular weight excluding hydrogens is 326 g/mol. The zero-order valence-corrected chi connectivity index (χ0v) is 14.8. The highest BCUT2D eigenvalue weighted by Gasteiger charge is 2.31. The Bertz CT molecular complexity index is 941. The molecule has 0 saturated carbocycles. The van der Waals surface area contributed by atoms with Crippen LogP contribution in [0.25, 0.3) is 11.0 Å². The lowest BCUT2D eigenvalue weighted by Gasteiger charge is -2.25. The molecule has 26 heavy (non-hydrogen) atoms. The van der Waals surface area contributed by atoms with Crippen molar-refractivity contribution in [1.29, 1.82) is 0 Å². The van der Waals surface area contributed by atoms with Gasteiger partial charge in [-0.3, -0.25) is 9.78 Å². The Balaban J connectivity index is 1.58. The van der Waals surface area contributed by atoms with E-state index in [0.717, 1.165) is 48.2 Å². The summed E-state index contributed by atoms with van der Waals surface area (Å²) < 4.78 is 5.46. The van der Waals surface area contributed by atoms with E-state index in [9.17, 15) is 4.79 Å². The van der Waals surface area contributed by atoms with Crippen LogP contribution < -0.4 is 4.74 Å². The van der Waals surface area contributed by atoms with E-state index in [4.69, 9.17) is 4.74 Å². The molecule has 2 aromatic carbocycles. The monoisotopic (exact) mass is 347 g/mol. The van der Waals surface area contributed by atoms with Gasteiger partial charge in [0.05, 0.1) is 24.3 Å². The van der Waals surface area contributed by atoms with Crippen LogP contribution in [0.1, 0.15) is 28.9 Å². The molecule has 1 aliphatic rings. The molecule has 5 heteroatoms. The van der Waals surface area contributed by atoms with Gasteiger partial charge in [0.25, 0.3) is 5.91 Å². The van der Waals surface area contributed by atoms with Gasteiger partial charge < -0.3 is 9.64 Å². The van der Waals surface area contributed by atoms with E-state index < -0.39 is 0 Å². The fraction of sp³-hybridized carbons (Fsp3) is 0.286. The van der Waals surface area contributed by atoms with Gasteiger partial charge in [0.2, 0.25) is 0 Å². The lowest BCUT2D eigenvalue weighted by molar-refractivity contribution is 0.0730. The van der Waals surface area contributed by atoms with Crippen LogP contribution in [0.15, 0.2) is 54.7 Å². The number of nitrogens with zero attached hydrogens (tertiary/aromatic N) is 3. The van der Waals surface area contributed by atoms with E-state index in [1.54, 1.807) is 13.3 Å². The van der Waals surface area contributed by atoms with Crippen molar-refractivity contribution >= 4 is 16.9 Å². The molecule has 132 valence electrons. The number of carbonyl (C=O) groups is 1. The second-order valence-corrected chi connectivity index (χ2v) is 6.55. The van der Waals surface area contributed by atoms with Crippen molar-refractivity contribution in [2.24, 2.45) is 0 Å². The molecular formula is C21H21N3O2. The van der Waals surface area contributed by atoms with E-state index in [0.29, 0.717) is 5.69 Å². The summed E-state index contributed by atoms with van der Waals surface area (Å²) in [5.74, 6) is 0.831. The number of amides is 1. The summed E-state index contributed by atoms with van der Waals surface area (Å²) in [6, 6.07) is 15.8. The van der Waals surface area contributed by atoms with Gasteiger partial charge in [-0.1, -0.05) is 30.3 Å². The van der Waals surface area contributed by atoms with Gasteiger partial charge >= 0.3 is 0 Å². The number of methoxy groups -OCH3 is 1. The van der Waals surface area contributed by atoms with Crippen LogP contribution in [-0.4, -0.2) is 40.5 Å². The van der Waals surface area contributed by atoms with Crippen molar-refractivity contribution in [3.63, 3.8) is 0 Å². The predicted molar refractivity (Wildman–Crippen MR) is 100 cm³/mol. The summed E-state index contributed by atoms with van der Waals surface area (Å²) in [4.78, 5) is 23.9. The van der Waals surface area contributed by atoms with Crippen molar-refractivity contribution < 1.29 is 9.53 Å². The smallest absolute Gasteiger partial charge is 0.274 e. The van der Waals surface area contributed by atoms with Gasteiger partial charge in [0.15, 0.2) is 0 Å². The van der Waals surface area contributed by atoms with Crippen LogP contribution in [0.2, 0.25) is 0 Å². The minimum Gasteiger partial charge on any atom is -0.496 e. The topological polar surface area (TPSA) is 55.3 Å². The summed E-state index contributed by atoms with van der Waals surface area (Å²) in [5.41, 5.74) is 3.09. The molecule has 5 nitrogen and oxygen atoms in total. The molecule has 0 bridgehead atoms. The molecule has 0 unspecified atom stereocenters. The zero-order chi connectivity index (χ0) is 17.9. The van der Waals surface area contributed by atoms with Crippen molar-refractivity contribution in [3.8, 4) is 5.75 Å². The number of aromatic nitrogens is 2. The normalized spacial score (nSPS) is 16.8. The fourth-order valence-electron chi connectivity index (χ4n) is 3.65. The minimum atomic E-state index is -0.0411. The third-order valence-corrected chi connectivity index (χ3v) is 4.95. The SMILES string of the molecule is COc1ccccc1C[C@@H]1CCCN1C(=O)c1cnc2ccccc2n1. The van der Waals surface area contributed by atoms with Crippen molar-refractivity contribution in [2.45, 2.75) is 25.3 Å². The molecule has 4 rings (SSSR count). The molecule has 1 saturated heterocycles. The summed E-state index contributed by atoms with van der Waals surface area (Å²) in [5, 5.41) is 0. The molecule has 0 aliphatic carbocycles. The number of carbonyl (C=O) groups excluding carboxylic acids is 1. The molecule has 1 amide bonds. The lowest BCUT2D eigenvalue weighted by Crippen LogP contribution is -2.37. The van der Waals surface area contributed by atoms with E-state index in [2.05, 4.69) is 16.0 Å². The number of likely N-dealkylation sites (tertiary alicyclic amines) is 1. The third kappa shape index (κ3) is 3.12. The molecule has 0 N–H and O–H groups in total. The van der Waals surface area contributed by atoms with Gasteiger partial charge in [0.1, 0.15) is 11.4 Å². The Kier molecular flexibility index (Phi) is 4.52. The highest BCUT2D eigenvalue weighted by Crippen LogP contribution is 2.27. The Hall–Kier alpha value is -2.95. The van der Waals surface area contributed by atoms with Crippen molar-refractivity contribution in [3.05, 3.63) is 66.0 Å². The van der Waals surface area contributed by atoms with Crippen LogP contribution >= 0.6 is 0 Å². The largest absolute Gasteiger partial charge is 0.496 e. The molecule has 2 heterocycles. The molecule has 3 aromatic rings. The molecule has 1 aliphatic heterocycles. The first-order chi connectivity index (χ1) is 12.8. The third-order valence-electron chi connectivity index (χ3n) is 4.95. The second kappa shape index (κ2) is 7.12. The van der Waals surface area contributed by atoms with Gasteiger partial charge in [-0.25, -0.2) is 4.98 Å². The summed E-state index contributed by atoms with van der Waals surface area (Å²) in [7, 11) is 1.68. The van der Waals surface area contributed by atoms with Crippen LogP contribution in [-0.2, 0) is 6.42 Å². The highest BCUT2D eigenvalue weighted by molar-refractivity contribution is 5.94. The molecule has 1 atom stereocenters. The van der Waals surface area contributed by atoms with E-state index in [1.807, 2.05) is 47.4 Å². The minimum absolute atomic E-state index is 0.0411. The quantitative estimate of drug-likeness (QED) is 0.725. The van der Waals surface area contributed by atoms with E-state index in [1.165, 1.54) is 0 Å². The lowest BCUT2D eigenvalue weighted by atomic mass is 10.0. The van der Waals surface area contributed by atoms with Gasteiger partial charge in [-0.15, -0.1) is 0 Å². The standard InChI is InChI=1S/C21H21N3O2/c1-26-20-11-5-2-7-15(20)13-16-8-6-12-24(16)21(25)19-14-22-17-9-3-4-10-18(17)23-19/h2-5,7,9-11,14,16H,6,8,12-13H2,1H3/t16-/m0/s1. The number of ether oxygens (including phenoxy) is 1. The Morgan fingerprint density at radius 2 is 1.92 bits per heavy atom. The fourth-order valence-corrected chi connectivity index (χ4v) is 3.65. The van der Waals surface area contributed by atoms with Crippen LogP contribution in [0.5, 0.6) is 5.75 Å². The first-order valence-electron chi connectivity index (χ1n) is 8.91. The maximum Gasteiger partial charge on any atom is 0.274 e. The number of hydrogen-bond acceptors (Lipinski definition) is 4. The number of benzene rings is 2. The zero-order valence-electron chi connectivity index (χ0n) is 14.8. The number of rotatable bonds is 4. The van der Waals surface area contributed by atoms with E-state index in [-0.39, 0.29) is 11.9 Å². The first kappa shape index (κ1) is 16.5. The summed E-state index contributed by atoms with van der Waals surface area (Å²) in [6.07, 6.45) is 4.37. The predicted octanol–water partition coefficient (Wildman–Crippen LogP) is 3.49. The number of fused-ring (bicyclic) bond motifs is 1. The average Bonchev–Trinajstić information content (AvgIpc) is 3.15. The summed E-state index contributed by atoms with van der Waals surface area (Å²) >= 11 is 0. The second-order valence-electron chi connectivity index (χ2n) is 6.55. The first-order valence-corrected chi connectivity index (χ1v) is 8.91. The van der Waals surface area contributed by atoms with Gasteiger partial charge in [-0.2, -0.15) is 0 Å². The summed E-state index contributed by atoms with van der Waals surface area (Å²) in [6.45, 7) is 0.757. The van der Waals surface area contributed by atoms with Crippen LogP contribution in [0, 0.1) is 0 Å². The van der Waals surface area contributed by atoms with Gasteiger partial charge in [-0.05, 0) is 43.0 Å². The number of hydrogen-bond donors (Lipinski definition) is 0. The molecule has 0 radical (unpaired) electrons. The van der Waals surface area contributed by atoms with Gasteiger partial charge in [0, 0.05) is 12.6 Å². The molecule has 1 aromatic heterocycles. The van der Waals surface area contributed by atoms with Crippen molar-refractivity contribution in [2.75, 3.05) is 13.7 Å². The van der Waals surface area contributed by atoms with Crippen molar-refractivity contribution in [1.82, 2.24) is 14.9 Å². The Labute approximate surface area is 152 Å². The Morgan fingerprint density at radius 1 is 1.15 bits per heavy atom. The van der Waals surface area contributed by atoms with Crippen LogP contribution in [0.4, 0.5) is 0 Å². The Morgan fingerprint density at radius 3 is 2.77 bits per heavy atom. The maximum absolute atomic E-state index is 13.0. The maximum atomic E-state index is 13.0. The highest BCUT2D eigenvalue weighted by atomic mass is 16.5. The number of para-hydroxylation sites is 3. The average molecular weight is 347 g/mol. The molecule has 1 fully saturated rings. The van der Waals surface area contributed by atoms with E-state index >= 15 is 0 Å².